The SMILES string of the molecule is O=S(=O)(c1cccc(Br)c1F)N1CCC2CCC(C1)N2. The van der Waals surface area contributed by atoms with E-state index in [4.69, 9.17) is 0 Å². The summed E-state index contributed by atoms with van der Waals surface area (Å²) in [5.41, 5.74) is 0. The van der Waals surface area contributed by atoms with Gasteiger partial charge in [-0.2, -0.15) is 4.31 Å². The van der Waals surface area contributed by atoms with Crippen LogP contribution in [0.25, 0.3) is 0 Å². The van der Waals surface area contributed by atoms with Crippen molar-refractivity contribution in [3.05, 3.63) is 28.5 Å². The van der Waals surface area contributed by atoms with Crippen LogP contribution in [0, 0.1) is 5.82 Å². The van der Waals surface area contributed by atoms with Gasteiger partial charge >= 0.3 is 0 Å². The highest BCUT2D eigenvalue weighted by molar-refractivity contribution is 9.10. The normalized spacial score (nSPS) is 27.5. The average molecular weight is 363 g/mol. The van der Waals surface area contributed by atoms with Crippen LogP contribution in [0.2, 0.25) is 0 Å². The summed E-state index contributed by atoms with van der Waals surface area (Å²) in [6.45, 7) is 0.868. The van der Waals surface area contributed by atoms with Gasteiger partial charge < -0.3 is 5.32 Å². The van der Waals surface area contributed by atoms with Crippen molar-refractivity contribution < 1.29 is 12.8 Å². The van der Waals surface area contributed by atoms with Crippen molar-refractivity contribution in [1.82, 2.24) is 9.62 Å². The number of fused-ring (bicyclic) bond motifs is 2. The Morgan fingerprint density at radius 3 is 2.80 bits per heavy atom. The monoisotopic (exact) mass is 362 g/mol. The number of hydrogen-bond acceptors (Lipinski definition) is 3. The maximum absolute atomic E-state index is 14.1. The molecule has 1 aromatic carbocycles. The second-order valence-electron chi connectivity index (χ2n) is 5.34. The topological polar surface area (TPSA) is 49.4 Å². The zero-order valence-electron chi connectivity index (χ0n) is 10.9. The molecule has 2 fully saturated rings. The molecule has 3 rings (SSSR count). The lowest BCUT2D eigenvalue weighted by Gasteiger charge is -2.24. The third-order valence-electron chi connectivity index (χ3n) is 4.02. The lowest BCUT2D eigenvalue weighted by Crippen LogP contribution is -2.39. The van der Waals surface area contributed by atoms with Crippen LogP contribution >= 0.6 is 15.9 Å². The van der Waals surface area contributed by atoms with Crippen molar-refractivity contribution in [3.8, 4) is 0 Å². The quantitative estimate of drug-likeness (QED) is 0.876. The van der Waals surface area contributed by atoms with E-state index in [2.05, 4.69) is 21.2 Å². The van der Waals surface area contributed by atoms with Crippen LogP contribution in [0.1, 0.15) is 19.3 Å². The first-order valence-electron chi connectivity index (χ1n) is 6.68. The summed E-state index contributed by atoms with van der Waals surface area (Å²) in [4.78, 5) is -0.246. The Morgan fingerprint density at radius 1 is 1.25 bits per heavy atom. The number of nitrogens with zero attached hydrogens (tertiary/aromatic N) is 1. The van der Waals surface area contributed by atoms with Gasteiger partial charge in [0, 0.05) is 25.2 Å². The number of rotatable bonds is 2. The summed E-state index contributed by atoms with van der Waals surface area (Å²) in [6.07, 6.45) is 2.87. The summed E-state index contributed by atoms with van der Waals surface area (Å²) in [6, 6.07) is 4.95. The molecule has 0 aromatic heterocycles. The van der Waals surface area contributed by atoms with Crippen molar-refractivity contribution >= 4 is 26.0 Å². The Bertz CT molecular complexity index is 623. The third-order valence-corrected chi connectivity index (χ3v) is 6.52. The van der Waals surface area contributed by atoms with Gasteiger partial charge in [0.1, 0.15) is 4.90 Å². The molecule has 0 radical (unpaired) electrons. The molecule has 4 nitrogen and oxygen atoms in total. The second-order valence-corrected chi connectivity index (χ2v) is 8.10. The first kappa shape index (κ1) is 14.4. The first-order valence-corrected chi connectivity index (χ1v) is 8.92. The van der Waals surface area contributed by atoms with E-state index in [1.54, 1.807) is 6.07 Å². The fraction of sp³-hybridized carbons (Fsp3) is 0.538. The average Bonchev–Trinajstić information content (AvgIpc) is 2.71. The predicted molar refractivity (Wildman–Crippen MR) is 77.4 cm³/mol. The highest BCUT2D eigenvalue weighted by atomic mass is 79.9. The van der Waals surface area contributed by atoms with Gasteiger partial charge in [-0.15, -0.1) is 0 Å². The molecular weight excluding hydrogens is 347 g/mol. The Labute approximate surface area is 126 Å². The Hall–Kier alpha value is -0.500. The van der Waals surface area contributed by atoms with Crippen LogP contribution in [0.5, 0.6) is 0 Å². The minimum Gasteiger partial charge on any atom is -0.310 e. The summed E-state index contributed by atoms with van der Waals surface area (Å²) < 4.78 is 40.9. The minimum absolute atomic E-state index is 0.174. The summed E-state index contributed by atoms with van der Waals surface area (Å²) in [5, 5.41) is 3.42. The summed E-state index contributed by atoms with van der Waals surface area (Å²) >= 11 is 3.04. The molecular formula is C13H16BrFN2O2S. The Kier molecular flexibility index (Phi) is 3.87. The fourth-order valence-corrected chi connectivity index (χ4v) is 5.04. The second kappa shape index (κ2) is 5.36. The molecule has 2 aliphatic heterocycles. The van der Waals surface area contributed by atoms with E-state index in [1.807, 2.05) is 0 Å². The number of sulfonamides is 1. The molecule has 0 amide bonds. The molecule has 2 atom stereocenters. The number of nitrogens with one attached hydrogen (secondary N) is 1. The predicted octanol–water partition coefficient (Wildman–Crippen LogP) is 2.10. The van der Waals surface area contributed by atoms with Gasteiger partial charge in [-0.25, -0.2) is 12.8 Å². The molecule has 0 saturated carbocycles. The van der Waals surface area contributed by atoms with E-state index in [0.29, 0.717) is 19.1 Å². The molecule has 20 heavy (non-hydrogen) atoms. The van der Waals surface area contributed by atoms with Crippen LogP contribution in [-0.2, 0) is 10.0 Å². The number of halogens is 2. The Balaban J connectivity index is 1.93. The van der Waals surface area contributed by atoms with E-state index in [-0.39, 0.29) is 15.4 Å². The molecule has 2 heterocycles. The van der Waals surface area contributed by atoms with Crippen LogP contribution in [0.3, 0.4) is 0 Å². The van der Waals surface area contributed by atoms with E-state index in [0.717, 1.165) is 19.3 Å². The zero-order chi connectivity index (χ0) is 14.3. The lowest BCUT2D eigenvalue weighted by atomic mass is 10.1. The molecule has 110 valence electrons. The molecule has 2 bridgehead atoms. The molecule has 1 aromatic rings. The number of benzene rings is 1. The van der Waals surface area contributed by atoms with E-state index in [1.165, 1.54) is 16.4 Å². The van der Waals surface area contributed by atoms with E-state index >= 15 is 0 Å². The first-order chi connectivity index (χ1) is 9.48. The lowest BCUT2D eigenvalue weighted by molar-refractivity contribution is 0.381. The van der Waals surface area contributed by atoms with Crippen molar-refractivity contribution in [2.75, 3.05) is 13.1 Å². The number of hydrogen-bond donors (Lipinski definition) is 1. The minimum atomic E-state index is -3.77. The van der Waals surface area contributed by atoms with Crippen molar-refractivity contribution in [2.45, 2.75) is 36.2 Å². The molecule has 0 aliphatic carbocycles. The van der Waals surface area contributed by atoms with Gasteiger partial charge in [0.05, 0.1) is 4.47 Å². The summed E-state index contributed by atoms with van der Waals surface area (Å²) in [7, 11) is -3.77. The van der Waals surface area contributed by atoms with Crippen LogP contribution < -0.4 is 5.32 Å². The molecule has 2 unspecified atom stereocenters. The van der Waals surface area contributed by atoms with Crippen LogP contribution in [0.4, 0.5) is 4.39 Å². The highest BCUT2D eigenvalue weighted by Crippen LogP contribution is 2.28. The standard InChI is InChI=1S/C13H16BrFN2O2S/c14-11-2-1-3-12(13(11)15)20(18,19)17-7-6-9-4-5-10(8-17)16-9/h1-3,9-10,16H,4-8H2. The molecule has 7 heteroatoms. The van der Waals surface area contributed by atoms with Gasteiger partial charge in [-0.1, -0.05) is 6.07 Å². The van der Waals surface area contributed by atoms with Crippen molar-refractivity contribution in [3.63, 3.8) is 0 Å². The molecule has 2 saturated heterocycles. The van der Waals surface area contributed by atoms with Gasteiger partial charge in [0.25, 0.3) is 0 Å². The Morgan fingerprint density at radius 2 is 2.00 bits per heavy atom. The molecule has 2 aliphatic rings. The third kappa shape index (κ3) is 2.52. The zero-order valence-corrected chi connectivity index (χ0v) is 13.3. The molecule has 1 N–H and O–H groups in total. The van der Waals surface area contributed by atoms with Crippen molar-refractivity contribution in [1.29, 1.82) is 0 Å². The molecule has 0 spiro atoms. The van der Waals surface area contributed by atoms with Gasteiger partial charge in [-0.05, 0) is 47.3 Å². The van der Waals surface area contributed by atoms with Crippen molar-refractivity contribution in [2.24, 2.45) is 0 Å². The highest BCUT2D eigenvalue weighted by Gasteiger charge is 2.36. The van der Waals surface area contributed by atoms with Crippen LogP contribution in [-0.4, -0.2) is 37.9 Å². The summed E-state index contributed by atoms with van der Waals surface area (Å²) in [5.74, 6) is -0.713. The maximum atomic E-state index is 14.1. The van der Waals surface area contributed by atoms with Gasteiger partial charge in [-0.3, -0.25) is 0 Å². The largest absolute Gasteiger partial charge is 0.310 e. The van der Waals surface area contributed by atoms with Gasteiger partial charge in [0.15, 0.2) is 5.82 Å². The smallest absolute Gasteiger partial charge is 0.246 e. The van der Waals surface area contributed by atoms with Gasteiger partial charge in [0.2, 0.25) is 10.0 Å². The fourth-order valence-electron chi connectivity index (χ4n) is 2.95. The van der Waals surface area contributed by atoms with Crippen LogP contribution in [0.15, 0.2) is 27.6 Å². The van der Waals surface area contributed by atoms with E-state index in [9.17, 15) is 12.8 Å². The van der Waals surface area contributed by atoms with E-state index < -0.39 is 15.8 Å². The maximum Gasteiger partial charge on any atom is 0.246 e.